The second kappa shape index (κ2) is 13.9. The highest BCUT2D eigenvalue weighted by Crippen LogP contribution is 2.33. The number of thioether (sulfide) groups is 1. The number of aliphatic carboxylic acids is 1. The van der Waals surface area contributed by atoms with Crippen LogP contribution in [0.5, 0.6) is 0 Å². The number of aliphatic hydroxyl groups excluding tert-OH is 1. The summed E-state index contributed by atoms with van der Waals surface area (Å²) in [6, 6.07) is 14.2. The van der Waals surface area contributed by atoms with E-state index in [1.165, 1.54) is 11.4 Å². The monoisotopic (exact) mass is 574 g/mol. The third-order valence-corrected chi connectivity index (χ3v) is 10.4. The number of carboxylic acid groups (broad SMARTS) is 1. The van der Waals surface area contributed by atoms with Crippen LogP contribution in [0.15, 0.2) is 64.9 Å². The lowest BCUT2D eigenvalue weighted by atomic mass is 9.94. The van der Waals surface area contributed by atoms with Gasteiger partial charge >= 0.3 is 5.97 Å². The number of sulfonamides is 1. The van der Waals surface area contributed by atoms with Crippen molar-refractivity contribution in [3.63, 3.8) is 0 Å². The van der Waals surface area contributed by atoms with Gasteiger partial charge in [0, 0.05) is 37.3 Å². The maximum Gasteiger partial charge on any atom is 0.303 e. The zero-order valence-corrected chi connectivity index (χ0v) is 25.0. The molecule has 3 rings (SSSR count). The van der Waals surface area contributed by atoms with Crippen molar-refractivity contribution in [2.75, 3.05) is 20.1 Å². The summed E-state index contributed by atoms with van der Waals surface area (Å²) in [5.74, 6) is -0.247. The lowest BCUT2D eigenvalue weighted by Crippen LogP contribution is -2.46. The molecule has 2 aromatic carbocycles. The average Bonchev–Trinajstić information content (AvgIpc) is 3.30. The van der Waals surface area contributed by atoms with Gasteiger partial charge in [-0.15, -0.1) is 11.8 Å². The van der Waals surface area contributed by atoms with E-state index in [1.807, 2.05) is 42.1 Å². The Balaban J connectivity index is 1.55. The van der Waals surface area contributed by atoms with Crippen LogP contribution in [0, 0.1) is 5.92 Å². The summed E-state index contributed by atoms with van der Waals surface area (Å²) in [4.78, 5) is 11.1. The summed E-state index contributed by atoms with van der Waals surface area (Å²) in [5, 5.41) is 25.9. The topological polar surface area (TPSA) is 107 Å². The fraction of sp³-hybridized carbons (Fsp3) is 0.500. The van der Waals surface area contributed by atoms with Crippen molar-refractivity contribution < 1.29 is 23.4 Å². The quantitative estimate of drug-likeness (QED) is 0.270. The van der Waals surface area contributed by atoms with Gasteiger partial charge < -0.3 is 15.5 Å². The molecule has 214 valence electrons. The number of carboxylic acids is 1. The number of carbonyl (C=O) groups is 1. The highest BCUT2D eigenvalue weighted by molar-refractivity contribution is 8.03. The first kappa shape index (κ1) is 31.4. The van der Waals surface area contributed by atoms with E-state index in [0.717, 1.165) is 36.0 Å². The second-order valence-electron chi connectivity index (χ2n) is 11.1. The van der Waals surface area contributed by atoms with E-state index in [1.54, 1.807) is 18.2 Å². The number of nitrogens with one attached hydrogen (secondary N) is 1. The molecule has 0 radical (unpaired) electrons. The first-order chi connectivity index (χ1) is 18.4. The van der Waals surface area contributed by atoms with Gasteiger partial charge in [-0.05, 0) is 73.3 Å². The van der Waals surface area contributed by atoms with Crippen LogP contribution in [0.25, 0.3) is 11.1 Å². The normalized spacial score (nSPS) is 18.5. The summed E-state index contributed by atoms with van der Waals surface area (Å²) in [7, 11) is -2.34. The first-order valence-corrected chi connectivity index (χ1v) is 15.9. The molecule has 3 N–H and O–H groups in total. The van der Waals surface area contributed by atoms with Gasteiger partial charge in [-0.2, -0.15) is 4.31 Å². The summed E-state index contributed by atoms with van der Waals surface area (Å²) >= 11 is 1.91. The Morgan fingerprint density at radius 2 is 1.85 bits per heavy atom. The SMILES string of the molecule is CC1C=CSC1CCCC(C)(C)NC[C@@H](O)CN(C)S(=O)(=O)c1cccc(-c2cccc(CCC(=O)O)c2)c1. The number of hydrogen-bond donors (Lipinski definition) is 3. The van der Waals surface area contributed by atoms with Crippen molar-refractivity contribution in [2.45, 2.75) is 74.7 Å². The summed E-state index contributed by atoms with van der Waals surface area (Å²) in [6.07, 6.45) is 5.07. The molecule has 0 saturated heterocycles. The first-order valence-electron chi connectivity index (χ1n) is 13.5. The van der Waals surface area contributed by atoms with Crippen LogP contribution in [0.4, 0.5) is 0 Å². The van der Waals surface area contributed by atoms with E-state index in [-0.39, 0.29) is 23.4 Å². The van der Waals surface area contributed by atoms with E-state index in [9.17, 15) is 18.3 Å². The van der Waals surface area contributed by atoms with Gasteiger partial charge in [-0.1, -0.05) is 55.8 Å². The minimum Gasteiger partial charge on any atom is -0.481 e. The molecule has 2 aromatic rings. The molecule has 9 heteroatoms. The van der Waals surface area contributed by atoms with Crippen molar-refractivity contribution in [2.24, 2.45) is 5.92 Å². The molecule has 0 amide bonds. The maximum atomic E-state index is 13.3. The Hall–Kier alpha value is -2.17. The smallest absolute Gasteiger partial charge is 0.303 e. The van der Waals surface area contributed by atoms with Gasteiger partial charge in [0.05, 0.1) is 11.0 Å². The number of aryl methyl sites for hydroxylation is 1. The summed E-state index contributed by atoms with van der Waals surface area (Å²) in [6.45, 7) is 6.76. The number of benzene rings is 2. The predicted octanol–water partition coefficient (Wildman–Crippen LogP) is 5.16. The van der Waals surface area contributed by atoms with Crippen molar-refractivity contribution in [1.29, 1.82) is 0 Å². The highest BCUT2D eigenvalue weighted by atomic mass is 32.2. The molecule has 2 unspecified atom stereocenters. The number of rotatable bonds is 15. The van der Waals surface area contributed by atoms with Crippen LogP contribution < -0.4 is 5.32 Å². The number of aliphatic hydroxyl groups is 1. The van der Waals surface area contributed by atoms with Crippen LogP contribution >= 0.6 is 11.8 Å². The zero-order valence-electron chi connectivity index (χ0n) is 23.3. The Kier molecular flexibility index (Phi) is 11.2. The van der Waals surface area contributed by atoms with Crippen molar-refractivity contribution in [1.82, 2.24) is 9.62 Å². The minimum absolute atomic E-state index is 0.0256. The number of likely N-dealkylation sites (N-methyl/N-ethyl adjacent to an activating group) is 1. The summed E-state index contributed by atoms with van der Waals surface area (Å²) in [5.41, 5.74) is 2.27. The fourth-order valence-electron chi connectivity index (χ4n) is 4.71. The van der Waals surface area contributed by atoms with E-state index in [2.05, 4.69) is 37.6 Å². The largest absolute Gasteiger partial charge is 0.481 e. The third kappa shape index (κ3) is 9.46. The van der Waals surface area contributed by atoms with E-state index < -0.39 is 22.1 Å². The van der Waals surface area contributed by atoms with Crippen LogP contribution in [0.2, 0.25) is 0 Å². The fourth-order valence-corrected chi connectivity index (χ4v) is 7.15. The Morgan fingerprint density at radius 3 is 2.51 bits per heavy atom. The number of nitrogens with zero attached hydrogens (tertiary/aromatic N) is 1. The molecule has 0 aliphatic carbocycles. The molecule has 0 saturated carbocycles. The Labute approximate surface area is 237 Å². The third-order valence-electron chi connectivity index (χ3n) is 7.23. The van der Waals surface area contributed by atoms with Crippen molar-refractivity contribution >= 4 is 27.8 Å². The van der Waals surface area contributed by atoms with Gasteiger partial charge in [-0.3, -0.25) is 4.79 Å². The number of allylic oxidation sites excluding steroid dienone is 1. The lowest BCUT2D eigenvalue weighted by Gasteiger charge is -2.29. The standard InChI is InChI=1S/C30H42N2O5S2/c1-22-15-17-38-28(22)12-7-16-30(2,3)31-20-26(33)21-32(4)39(36,37)27-11-6-10-25(19-27)24-9-5-8-23(18-24)13-14-29(34)35/h5-6,8-11,15,17-19,22,26,28,31,33H,7,12-14,16,20-21H2,1-4H3,(H,34,35)/t22?,26-,28?/m1/s1. The number of hydrogen-bond acceptors (Lipinski definition) is 6. The van der Waals surface area contributed by atoms with Gasteiger partial charge in [-0.25, -0.2) is 8.42 Å². The molecular formula is C30H42N2O5S2. The van der Waals surface area contributed by atoms with Crippen molar-refractivity contribution in [3.8, 4) is 11.1 Å². The number of β-amino-alcohol motifs (C(OH)–C–C–N with tert-alkyl or cyclic N) is 1. The van der Waals surface area contributed by atoms with E-state index in [4.69, 9.17) is 5.11 Å². The van der Waals surface area contributed by atoms with E-state index >= 15 is 0 Å². The lowest BCUT2D eigenvalue weighted by molar-refractivity contribution is -0.136. The van der Waals surface area contributed by atoms with Crippen LogP contribution in [0.1, 0.15) is 52.0 Å². The van der Waals surface area contributed by atoms with Gasteiger partial charge in [0.2, 0.25) is 10.0 Å². The average molecular weight is 575 g/mol. The molecule has 0 spiro atoms. The molecule has 0 aromatic heterocycles. The van der Waals surface area contributed by atoms with Gasteiger partial charge in [0.15, 0.2) is 0 Å². The molecule has 0 fully saturated rings. The molecule has 1 heterocycles. The Morgan fingerprint density at radius 1 is 1.15 bits per heavy atom. The molecule has 39 heavy (non-hydrogen) atoms. The minimum atomic E-state index is -3.82. The van der Waals surface area contributed by atoms with E-state index in [0.29, 0.717) is 24.1 Å². The molecule has 3 atom stereocenters. The second-order valence-corrected chi connectivity index (χ2v) is 14.3. The summed E-state index contributed by atoms with van der Waals surface area (Å²) < 4.78 is 27.8. The van der Waals surface area contributed by atoms with Crippen LogP contribution in [-0.2, 0) is 21.2 Å². The molecule has 0 bridgehead atoms. The zero-order chi connectivity index (χ0) is 28.6. The Bertz CT molecular complexity index is 1250. The maximum absolute atomic E-state index is 13.3. The molecular weight excluding hydrogens is 532 g/mol. The van der Waals surface area contributed by atoms with Crippen LogP contribution in [-0.4, -0.2) is 65.9 Å². The van der Waals surface area contributed by atoms with Crippen molar-refractivity contribution in [3.05, 3.63) is 65.6 Å². The molecule has 7 nitrogen and oxygen atoms in total. The highest BCUT2D eigenvalue weighted by Gasteiger charge is 2.26. The molecule has 1 aliphatic heterocycles. The van der Waals surface area contributed by atoms with Gasteiger partial charge in [0.1, 0.15) is 0 Å². The van der Waals surface area contributed by atoms with Gasteiger partial charge in [0.25, 0.3) is 0 Å². The predicted molar refractivity (Wildman–Crippen MR) is 159 cm³/mol. The molecule has 1 aliphatic rings. The van der Waals surface area contributed by atoms with Crippen LogP contribution in [0.3, 0.4) is 0 Å².